The van der Waals surface area contributed by atoms with Crippen LogP contribution in [0.4, 0.5) is 5.95 Å². The number of aromatic nitrogens is 4. The molecule has 0 amide bonds. The Bertz CT molecular complexity index is 1370. The Balaban J connectivity index is 1.68. The van der Waals surface area contributed by atoms with E-state index in [1.165, 1.54) is 9.13 Å². The minimum atomic E-state index is -0.423. The fourth-order valence-corrected chi connectivity index (χ4v) is 3.30. The molecule has 0 unspecified atom stereocenters. The van der Waals surface area contributed by atoms with Crippen molar-refractivity contribution >= 4 is 23.3 Å². The molecule has 0 aliphatic rings. The summed E-state index contributed by atoms with van der Waals surface area (Å²) in [7, 11) is 4.92. The van der Waals surface area contributed by atoms with Crippen molar-refractivity contribution in [3.63, 3.8) is 0 Å². The normalized spacial score (nSPS) is 11.3. The molecule has 0 aliphatic heterocycles. The van der Waals surface area contributed by atoms with Crippen molar-refractivity contribution in [2.75, 3.05) is 12.5 Å². The predicted octanol–water partition coefficient (Wildman–Crippen LogP) is 1.94. The molecule has 0 aliphatic carbocycles. The number of benzene rings is 2. The number of aryl methyl sites for hydroxylation is 2. The molecule has 2 aromatic carbocycles. The highest BCUT2D eigenvalue weighted by Crippen LogP contribution is 2.14. The number of hydrazone groups is 1. The zero-order valence-corrected chi connectivity index (χ0v) is 17.4. The van der Waals surface area contributed by atoms with E-state index >= 15 is 0 Å². The van der Waals surface area contributed by atoms with Crippen LogP contribution in [0.5, 0.6) is 5.75 Å². The molecule has 4 rings (SSSR count). The number of ether oxygens (including phenoxy) is 1. The maximum absolute atomic E-state index is 13.1. The third-order valence-corrected chi connectivity index (χ3v) is 5.04. The Labute approximate surface area is 177 Å². The minimum Gasteiger partial charge on any atom is -0.497 e. The van der Waals surface area contributed by atoms with E-state index in [4.69, 9.17) is 4.74 Å². The second kappa shape index (κ2) is 8.31. The molecular weight excluding hydrogens is 396 g/mol. The molecule has 0 bridgehead atoms. The zero-order valence-electron chi connectivity index (χ0n) is 17.4. The van der Waals surface area contributed by atoms with Gasteiger partial charge in [0.05, 0.1) is 19.9 Å². The second-order valence-corrected chi connectivity index (χ2v) is 7.03. The van der Waals surface area contributed by atoms with Gasteiger partial charge in [-0.1, -0.05) is 30.3 Å². The van der Waals surface area contributed by atoms with Crippen LogP contribution in [0.2, 0.25) is 0 Å². The first-order valence-corrected chi connectivity index (χ1v) is 9.63. The SMILES string of the molecule is COc1ccc(/C=N/Nc2nc3c(c(=O)n(Cc4ccccc4)c(=O)n3C)n2C)cc1. The van der Waals surface area contributed by atoms with Crippen molar-refractivity contribution < 1.29 is 4.74 Å². The molecular formula is C22H22N6O3. The van der Waals surface area contributed by atoms with Crippen LogP contribution in [0, 0.1) is 0 Å². The van der Waals surface area contributed by atoms with Crippen LogP contribution in [-0.4, -0.2) is 32.0 Å². The second-order valence-electron chi connectivity index (χ2n) is 7.03. The average molecular weight is 418 g/mol. The highest BCUT2D eigenvalue weighted by molar-refractivity contribution is 5.80. The van der Waals surface area contributed by atoms with Gasteiger partial charge in [0.25, 0.3) is 5.56 Å². The first-order chi connectivity index (χ1) is 15.0. The van der Waals surface area contributed by atoms with Crippen LogP contribution in [0.1, 0.15) is 11.1 Å². The van der Waals surface area contributed by atoms with Crippen molar-refractivity contribution in [2.24, 2.45) is 19.2 Å². The Morgan fingerprint density at radius 2 is 1.74 bits per heavy atom. The Morgan fingerprint density at radius 1 is 1.03 bits per heavy atom. The lowest BCUT2D eigenvalue weighted by atomic mass is 10.2. The van der Waals surface area contributed by atoms with Crippen molar-refractivity contribution in [3.8, 4) is 5.75 Å². The van der Waals surface area contributed by atoms with Gasteiger partial charge in [0.15, 0.2) is 11.2 Å². The third kappa shape index (κ3) is 3.85. The summed E-state index contributed by atoms with van der Waals surface area (Å²) in [5.74, 6) is 1.11. The van der Waals surface area contributed by atoms with Gasteiger partial charge >= 0.3 is 5.69 Å². The maximum atomic E-state index is 13.1. The van der Waals surface area contributed by atoms with E-state index in [1.54, 1.807) is 32.0 Å². The predicted molar refractivity (Wildman–Crippen MR) is 120 cm³/mol. The van der Waals surface area contributed by atoms with Crippen molar-refractivity contribution in [3.05, 3.63) is 86.6 Å². The lowest BCUT2D eigenvalue weighted by molar-refractivity contribution is 0.415. The molecule has 9 heteroatoms. The number of anilines is 1. The van der Waals surface area contributed by atoms with E-state index in [0.717, 1.165) is 16.9 Å². The van der Waals surface area contributed by atoms with Gasteiger partial charge in [-0.05, 0) is 35.4 Å². The third-order valence-electron chi connectivity index (χ3n) is 5.04. The fraction of sp³-hybridized carbons (Fsp3) is 0.182. The summed E-state index contributed by atoms with van der Waals surface area (Å²) in [6.07, 6.45) is 1.63. The van der Waals surface area contributed by atoms with Crippen LogP contribution < -0.4 is 21.4 Å². The number of fused-ring (bicyclic) bond motifs is 1. The number of nitrogens with one attached hydrogen (secondary N) is 1. The highest BCUT2D eigenvalue weighted by atomic mass is 16.5. The molecule has 2 heterocycles. The van der Waals surface area contributed by atoms with Gasteiger partial charge in [-0.2, -0.15) is 10.1 Å². The topological polar surface area (TPSA) is 95.4 Å². The van der Waals surface area contributed by atoms with Crippen LogP contribution in [-0.2, 0) is 20.6 Å². The summed E-state index contributed by atoms with van der Waals surface area (Å²) < 4.78 is 9.32. The summed E-state index contributed by atoms with van der Waals surface area (Å²) in [5.41, 5.74) is 4.37. The molecule has 0 saturated carbocycles. The van der Waals surface area contributed by atoms with Crippen molar-refractivity contribution in [2.45, 2.75) is 6.54 Å². The number of nitrogens with zero attached hydrogens (tertiary/aromatic N) is 5. The molecule has 0 atom stereocenters. The lowest BCUT2D eigenvalue weighted by Crippen LogP contribution is -2.39. The Morgan fingerprint density at radius 3 is 2.42 bits per heavy atom. The van der Waals surface area contributed by atoms with Crippen LogP contribution in [0.3, 0.4) is 0 Å². The average Bonchev–Trinajstić information content (AvgIpc) is 3.13. The molecule has 31 heavy (non-hydrogen) atoms. The van der Waals surface area contributed by atoms with Crippen LogP contribution >= 0.6 is 0 Å². The van der Waals surface area contributed by atoms with Crippen LogP contribution in [0.25, 0.3) is 11.2 Å². The standard InChI is InChI=1S/C22H22N6O3/c1-26-18-19(24-21(26)25-23-13-15-9-11-17(31-3)12-10-15)27(2)22(30)28(20(18)29)14-16-7-5-4-6-8-16/h4-13H,14H2,1-3H3,(H,24,25)/b23-13+. The van der Waals surface area contributed by atoms with Gasteiger partial charge in [-0.3, -0.25) is 13.9 Å². The van der Waals surface area contributed by atoms with E-state index in [1.807, 2.05) is 54.6 Å². The van der Waals surface area contributed by atoms with Gasteiger partial charge in [0, 0.05) is 14.1 Å². The Hall–Kier alpha value is -4.14. The van der Waals surface area contributed by atoms with E-state index in [-0.39, 0.29) is 6.54 Å². The molecule has 0 radical (unpaired) electrons. The smallest absolute Gasteiger partial charge is 0.332 e. The minimum absolute atomic E-state index is 0.186. The quantitative estimate of drug-likeness (QED) is 0.381. The van der Waals surface area contributed by atoms with E-state index in [2.05, 4.69) is 15.5 Å². The van der Waals surface area contributed by atoms with Crippen LogP contribution in [0.15, 0.2) is 69.3 Å². The molecule has 158 valence electrons. The number of imidazole rings is 1. The molecule has 9 nitrogen and oxygen atoms in total. The summed E-state index contributed by atoms with van der Waals surface area (Å²) in [5, 5.41) is 4.20. The molecule has 0 fully saturated rings. The van der Waals surface area contributed by atoms with E-state index < -0.39 is 11.2 Å². The van der Waals surface area contributed by atoms with Crippen molar-refractivity contribution in [1.29, 1.82) is 0 Å². The van der Waals surface area contributed by atoms with Gasteiger partial charge in [-0.25, -0.2) is 10.2 Å². The molecule has 0 spiro atoms. The summed E-state index contributed by atoms with van der Waals surface area (Å²) in [6, 6.07) is 16.8. The number of rotatable bonds is 6. The maximum Gasteiger partial charge on any atom is 0.332 e. The van der Waals surface area contributed by atoms with Crippen molar-refractivity contribution in [1.82, 2.24) is 18.7 Å². The van der Waals surface area contributed by atoms with Gasteiger partial charge in [0.2, 0.25) is 5.95 Å². The highest BCUT2D eigenvalue weighted by Gasteiger charge is 2.18. The fourth-order valence-electron chi connectivity index (χ4n) is 3.30. The van der Waals surface area contributed by atoms with Gasteiger partial charge < -0.3 is 9.30 Å². The molecule has 4 aromatic rings. The zero-order chi connectivity index (χ0) is 22.0. The first-order valence-electron chi connectivity index (χ1n) is 9.63. The van der Waals surface area contributed by atoms with Gasteiger partial charge in [0.1, 0.15) is 5.75 Å². The molecule has 1 N–H and O–H groups in total. The number of hydrogen-bond acceptors (Lipinski definition) is 6. The monoisotopic (exact) mass is 418 g/mol. The summed E-state index contributed by atoms with van der Waals surface area (Å²) in [6.45, 7) is 0.186. The molecule has 2 aromatic heterocycles. The number of methoxy groups -OCH3 is 1. The largest absolute Gasteiger partial charge is 0.497 e. The van der Waals surface area contributed by atoms with E-state index in [0.29, 0.717) is 17.1 Å². The summed E-state index contributed by atoms with van der Waals surface area (Å²) >= 11 is 0. The lowest BCUT2D eigenvalue weighted by Gasteiger charge is -2.08. The van der Waals surface area contributed by atoms with Gasteiger partial charge in [-0.15, -0.1) is 0 Å². The number of hydrogen-bond donors (Lipinski definition) is 1. The Kier molecular flexibility index (Phi) is 5.40. The first kappa shape index (κ1) is 20.1. The molecule has 0 saturated heterocycles. The van der Waals surface area contributed by atoms with E-state index in [9.17, 15) is 9.59 Å². The summed E-state index contributed by atoms with van der Waals surface area (Å²) in [4.78, 5) is 30.3.